The number of aliphatic carboxylic acids is 1. The van der Waals surface area contributed by atoms with Gasteiger partial charge in [0.25, 0.3) is 6.01 Å². The Balaban J connectivity index is 0.000000351. The fourth-order valence-corrected chi connectivity index (χ4v) is 1.30. The minimum absolute atomic E-state index is 0.215. The summed E-state index contributed by atoms with van der Waals surface area (Å²) in [5.41, 5.74) is 6.78. The van der Waals surface area contributed by atoms with E-state index in [2.05, 4.69) is 25.3 Å². The quantitative estimate of drug-likeness (QED) is 0.591. The molecule has 2 heterocycles. The molecule has 0 saturated heterocycles. The van der Waals surface area contributed by atoms with Gasteiger partial charge in [-0.05, 0) is 6.92 Å². The molecule has 1 atom stereocenters. The SMILES string of the molecule is COc1nc2nc(NC(C)OC)nc(N)c2[nH]1.O=C(O)C(F)(F)F. The van der Waals surface area contributed by atoms with Crippen LogP contribution in [0.5, 0.6) is 6.01 Å². The molecule has 2 rings (SSSR count). The van der Waals surface area contributed by atoms with Crippen LogP contribution in [-0.2, 0) is 9.53 Å². The van der Waals surface area contributed by atoms with Crippen LogP contribution in [0, 0.1) is 0 Å². The number of alkyl halides is 3. The lowest BCUT2D eigenvalue weighted by Crippen LogP contribution is -2.21. The molecule has 0 bridgehead atoms. The summed E-state index contributed by atoms with van der Waals surface area (Å²) in [4.78, 5) is 24.1. The van der Waals surface area contributed by atoms with Gasteiger partial charge in [-0.25, -0.2) is 4.79 Å². The predicted molar refractivity (Wildman–Crippen MR) is 76.4 cm³/mol. The Kier molecular flexibility index (Phi) is 6.11. The lowest BCUT2D eigenvalue weighted by Gasteiger charge is -2.11. The molecule has 134 valence electrons. The fourth-order valence-electron chi connectivity index (χ4n) is 1.30. The Labute approximate surface area is 133 Å². The number of aromatic nitrogens is 4. The fraction of sp³-hybridized carbons (Fsp3) is 0.455. The smallest absolute Gasteiger partial charge is 0.475 e. The number of imidazole rings is 1. The van der Waals surface area contributed by atoms with Crippen molar-refractivity contribution in [3.63, 3.8) is 0 Å². The molecule has 0 aliphatic rings. The second-order valence-corrected chi connectivity index (χ2v) is 4.20. The molecule has 0 amide bonds. The molecule has 24 heavy (non-hydrogen) atoms. The van der Waals surface area contributed by atoms with Crippen LogP contribution < -0.4 is 15.8 Å². The molecule has 5 N–H and O–H groups in total. The highest BCUT2D eigenvalue weighted by molar-refractivity contribution is 5.83. The van der Waals surface area contributed by atoms with Crippen molar-refractivity contribution in [2.24, 2.45) is 0 Å². The molecule has 0 spiro atoms. The first-order chi connectivity index (χ1) is 11.1. The minimum atomic E-state index is -5.08. The lowest BCUT2D eigenvalue weighted by atomic mass is 10.5. The third-order valence-corrected chi connectivity index (χ3v) is 2.48. The number of anilines is 2. The van der Waals surface area contributed by atoms with Crippen molar-refractivity contribution >= 4 is 28.9 Å². The summed E-state index contributed by atoms with van der Waals surface area (Å²) >= 11 is 0. The van der Waals surface area contributed by atoms with Crippen LogP contribution in [0.4, 0.5) is 24.9 Å². The van der Waals surface area contributed by atoms with Crippen molar-refractivity contribution in [3.05, 3.63) is 0 Å². The molecule has 0 fully saturated rings. The summed E-state index contributed by atoms with van der Waals surface area (Å²) < 4.78 is 41.7. The van der Waals surface area contributed by atoms with E-state index in [1.165, 1.54) is 7.11 Å². The average molecular weight is 352 g/mol. The van der Waals surface area contributed by atoms with Gasteiger partial charge in [-0.3, -0.25) is 0 Å². The van der Waals surface area contributed by atoms with Crippen molar-refractivity contribution in [1.82, 2.24) is 19.9 Å². The molecule has 13 heteroatoms. The first kappa shape index (κ1) is 19.2. The van der Waals surface area contributed by atoms with Crippen LogP contribution in [0.1, 0.15) is 6.92 Å². The van der Waals surface area contributed by atoms with Crippen LogP contribution in [0.25, 0.3) is 11.2 Å². The number of fused-ring (bicyclic) bond motifs is 1. The number of carboxylic acids is 1. The third-order valence-electron chi connectivity index (χ3n) is 2.48. The molecule has 1 unspecified atom stereocenters. The number of halogens is 3. The molecule has 2 aromatic heterocycles. The Hall–Kier alpha value is -2.83. The molecule has 0 aliphatic carbocycles. The largest absolute Gasteiger partial charge is 0.490 e. The number of ether oxygens (including phenoxy) is 2. The van der Waals surface area contributed by atoms with Crippen molar-refractivity contribution in [2.45, 2.75) is 19.3 Å². The summed E-state index contributed by atoms with van der Waals surface area (Å²) in [6.07, 6.45) is -5.30. The Morgan fingerprint density at radius 2 is 1.92 bits per heavy atom. The number of nitrogens with two attached hydrogens (primary N) is 1. The van der Waals surface area contributed by atoms with Gasteiger partial charge in [0.1, 0.15) is 11.7 Å². The van der Waals surface area contributed by atoms with E-state index in [1.807, 2.05) is 6.92 Å². The van der Waals surface area contributed by atoms with E-state index in [1.54, 1.807) is 7.11 Å². The highest BCUT2D eigenvalue weighted by atomic mass is 19.4. The third kappa shape index (κ3) is 5.12. The Morgan fingerprint density at radius 3 is 2.38 bits per heavy atom. The number of nitrogens with zero attached hydrogens (tertiary/aromatic N) is 3. The van der Waals surface area contributed by atoms with Gasteiger partial charge in [0, 0.05) is 7.11 Å². The minimum Gasteiger partial charge on any atom is -0.475 e. The highest BCUT2D eigenvalue weighted by Crippen LogP contribution is 2.20. The maximum Gasteiger partial charge on any atom is 0.490 e. The molecule has 10 nitrogen and oxygen atoms in total. The number of carboxylic acid groups (broad SMARTS) is 1. The van der Waals surface area contributed by atoms with Gasteiger partial charge in [-0.1, -0.05) is 0 Å². The number of nitrogens with one attached hydrogen (secondary N) is 2. The van der Waals surface area contributed by atoms with Crippen molar-refractivity contribution in [3.8, 4) is 6.01 Å². The van der Waals surface area contributed by atoms with E-state index >= 15 is 0 Å². The van der Waals surface area contributed by atoms with Crippen LogP contribution in [0.2, 0.25) is 0 Å². The summed E-state index contributed by atoms with van der Waals surface area (Å²) in [5, 5.41) is 10.1. The predicted octanol–water partition coefficient (Wildman–Crippen LogP) is 0.981. The molecule has 2 aromatic rings. The zero-order valence-electron chi connectivity index (χ0n) is 12.8. The topological polar surface area (TPSA) is 148 Å². The van der Waals surface area contributed by atoms with Gasteiger partial charge in [-0.2, -0.15) is 28.1 Å². The average Bonchev–Trinajstić information content (AvgIpc) is 2.90. The van der Waals surface area contributed by atoms with E-state index in [9.17, 15) is 13.2 Å². The molecular formula is C11H15F3N6O4. The molecule has 0 aromatic carbocycles. The maximum absolute atomic E-state index is 10.6. The van der Waals surface area contributed by atoms with Gasteiger partial charge in [0.2, 0.25) is 5.95 Å². The van der Waals surface area contributed by atoms with Crippen molar-refractivity contribution in [1.29, 1.82) is 0 Å². The summed E-state index contributed by atoms with van der Waals surface area (Å²) in [7, 11) is 3.09. The van der Waals surface area contributed by atoms with Gasteiger partial charge >= 0.3 is 12.1 Å². The van der Waals surface area contributed by atoms with E-state index in [0.29, 0.717) is 28.9 Å². The summed E-state index contributed by atoms with van der Waals surface area (Å²) in [5.74, 6) is -2.09. The first-order valence-corrected chi connectivity index (χ1v) is 6.25. The van der Waals surface area contributed by atoms with Gasteiger partial charge in [0.15, 0.2) is 11.5 Å². The second-order valence-electron chi connectivity index (χ2n) is 4.20. The van der Waals surface area contributed by atoms with Crippen molar-refractivity contribution in [2.75, 3.05) is 25.3 Å². The summed E-state index contributed by atoms with van der Waals surface area (Å²) in [6.45, 7) is 1.83. The normalized spacial score (nSPS) is 12.2. The highest BCUT2D eigenvalue weighted by Gasteiger charge is 2.38. The lowest BCUT2D eigenvalue weighted by molar-refractivity contribution is -0.192. The number of hydrogen-bond acceptors (Lipinski definition) is 8. The van der Waals surface area contributed by atoms with E-state index in [4.69, 9.17) is 25.1 Å². The van der Waals surface area contributed by atoms with Crippen molar-refractivity contribution < 1.29 is 32.5 Å². The number of nitrogen functional groups attached to an aromatic ring is 1. The Bertz CT molecular complexity index is 705. The maximum atomic E-state index is 10.6. The molecule has 0 saturated carbocycles. The van der Waals surface area contributed by atoms with E-state index in [0.717, 1.165) is 0 Å². The van der Waals surface area contributed by atoms with Crippen LogP contribution in [0.3, 0.4) is 0 Å². The number of aromatic amines is 1. The zero-order chi connectivity index (χ0) is 18.5. The van der Waals surface area contributed by atoms with E-state index < -0.39 is 12.1 Å². The monoisotopic (exact) mass is 352 g/mol. The first-order valence-electron chi connectivity index (χ1n) is 6.25. The standard InChI is InChI=1S/C9H14N6O2.C2HF3O2/c1-4(16-2)11-8-13-6(10)5-7(14-8)15-9(12-5)17-3;3-2(4,5)1(6)7/h4H,1-3H3,(H4,10,11,12,13,14,15);(H,6,7). The molecular weight excluding hydrogens is 337 g/mol. The Morgan fingerprint density at radius 1 is 1.33 bits per heavy atom. The van der Waals surface area contributed by atoms with Crippen LogP contribution in [-0.4, -0.2) is 57.6 Å². The van der Waals surface area contributed by atoms with Gasteiger partial charge in [-0.15, -0.1) is 0 Å². The number of methoxy groups -OCH3 is 2. The molecule has 0 aliphatic heterocycles. The number of rotatable bonds is 4. The number of hydrogen-bond donors (Lipinski definition) is 4. The van der Waals surface area contributed by atoms with Crippen LogP contribution in [0.15, 0.2) is 0 Å². The van der Waals surface area contributed by atoms with Gasteiger partial charge < -0.3 is 30.6 Å². The number of carbonyl (C=O) groups is 1. The van der Waals surface area contributed by atoms with E-state index in [-0.39, 0.29) is 6.23 Å². The summed E-state index contributed by atoms with van der Waals surface area (Å²) in [6, 6.07) is 0.345. The zero-order valence-corrected chi connectivity index (χ0v) is 12.8. The molecule has 0 radical (unpaired) electrons. The second kappa shape index (κ2) is 7.63. The van der Waals surface area contributed by atoms with Gasteiger partial charge in [0.05, 0.1) is 7.11 Å². The number of H-pyrrole nitrogens is 1. The van der Waals surface area contributed by atoms with Crippen LogP contribution >= 0.6 is 0 Å².